The Morgan fingerprint density at radius 2 is 2.07 bits per heavy atom. The molecule has 0 spiro atoms. The maximum Gasteiger partial charge on any atom is 0.261 e. The molecule has 0 aliphatic rings. The summed E-state index contributed by atoms with van der Waals surface area (Å²) >= 11 is 0. The second-order valence-electron chi connectivity index (χ2n) is 3.25. The molecular formula is C9H18F2N2O2. The van der Waals surface area contributed by atoms with Crippen LogP contribution in [-0.4, -0.2) is 57.6 Å². The van der Waals surface area contributed by atoms with E-state index >= 15 is 0 Å². The van der Waals surface area contributed by atoms with Crippen molar-refractivity contribution in [3.05, 3.63) is 0 Å². The monoisotopic (exact) mass is 224 g/mol. The van der Waals surface area contributed by atoms with Gasteiger partial charge >= 0.3 is 0 Å². The van der Waals surface area contributed by atoms with E-state index in [4.69, 9.17) is 0 Å². The summed E-state index contributed by atoms with van der Waals surface area (Å²) in [5.41, 5.74) is 0. The third-order valence-electron chi connectivity index (χ3n) is 1.68. The Labute approximate surface area is 88.6 Å². The Kier molecular flexibility index (Phi) is 8.12. The average molecular weight is 224 g/mol. The Morgan fingerprint density at radius 1 is 1.40 bits per heavy atom. The number of hydrogen-bond acceptors (Lipinski definition) is 3. The minimum absolute atomic E-state index is 0.0380. The van der Waals surface area contributed by atoms with Crippen LogP contribution < -0.4 is 5.32 Å². The van der Waals surface area contributed by atoms with Crippen molar-refractivity contribution in [1.29, 1.82) is 0 Å². The Bertz CT molecular complexity index is 177. The van der Waals surface area contributed by atoms with E-state index in [1.165, 1.54) is 4.90 Å². The van der Waals surface area contributed by atoms with Gasteiger partial charge in [-0.15, -0.1) is 0 Å². The Morgan fingerprint density at radius 3 is 2.60 bits per heavy atom. The molecule has 0 aliphatic carbocycles. The van der Waals surface area contributed by atoms with Crippen molar-refractivity contribution >= 4 is 5.91 Å². The lowest BCUT2D eigenvalue weighted by atomic mass is 10.4. The van der Waals surface area contributed by atoms with Crippen LogP contribution >= 0.6 is 0 Å². The van der Waals surface area contributed by atoms with E-state index in [9.17, 15) is 13.6 Å². The van der Waals surface area contributed by atoms with Crippen LogP contribution in [0.25, 0.3) is 0 Å². The normalized spacial score (nSPS) is 10.7. The molecule has 0 aromatic heterocycles. The van der Waals surface area contributed by atoms with E-state index in [1.54, 1.807) is 14.1 Å². The first-order valence-corrected chi connectivity index (χ1v) is 4.80. The first-order chi connectivity index (χ1) is 7.04. The smallest absolute Gasteiger partial charge is 0.261 e. The topological polar surface area (TPSA) is 41.6 Å². The van der Waals surface area contributed by atoms with Gasteiger partial charge in [-0.2, -0.15) is 0 Å². The molecular weight excluding hydrogens is 206 g/mol. The van der Waals surface area contributed by atoms with E-state index in [0.29, 0.717) is 19.5 Å². The quantitative estimate of drug-likeness (QED) is 0.604. The second-order valence-corrected chi connectivity index (χ2v) is 3.25. The summed E-state index contributed by atoms with van der Waals surface area (Å²) in [5, 5.41) is 2.93. The fourth-order valence-electron chi connectivity index (χ4n) is 0.861. The number of ether oxygens (including phenoxy) is 1. The largest absolute Gasteiger partial charge is 0.374 e. The molecule has 0 bridgehead atoms. The van der Waals surface area contributed by atoms with E-state index in [2.05, 4.69) is 10.1 Å². The van der Waals surface area contributed by atoms with Crippen LogP contribution in [0.2, 0.25) is 0 Å². The van der Waals surface area contributed by atoms with Crippen LogP contribution in [0.1, 0.15) is 6.42 Å². The molecule has 6 heteroatoms. The zero-order valence-electron chi connectivity index (χ0n) is 9.13. The molecule has 15 heavy (non-hydrogen) atoms. The molecule has 1 N–H and O–H groups in total. The highest BCUT2D eigenvalue weighted by atomic mass is 19.3. The molecule has 0 saturated heterocycles. The van der Waals surface area contributed by atoms with Crippen LogP contribution in [0.5, 0.6) is 0 Å². The summed E-state index contributed by atoms with van der Waals surface area (Å²) in [6, 6.07) is 0. The highest BCUT2D eigenvalue weighted by Gasteiger charge is 2.03. The van der Waals surface area contributed by atoms with Crippen LogP contribution in [0, 0.1) is 0 Å². The number of nitrogens with one attached hydrogen (secondary N) is 1. The molecule has 1 amide bonds. The minimum atomic E-state index is -2.42. The highest BCUT2D eigenvalue weighted by molar-refractivity contribution is 5.75. The van der Waals surface area contributed by atoms with Gasteiger partial charge in [0.2, 0.25) is 5.91 Å². The van der Waals surface area contributed by atoms with Gasteiger partial charge in [0.05, 0.1) is 6.61 Å². The number of rotatable bonds is 8. The van der Waals surface area contributed by atoms with E-state index in [1.807, 2.05) is 0 Å². The summed E-state index contributed by atoms with van der Waals surface area (Å²) in [7, 11) is 3.38. The molecule has 0 radical (unpaired) electrons. The van der Waals surface area contributed by atoms with Crippen LogP contribution in [-0.2, 0) is 9.53 Å². The number of carbonyl (C=O) groups is 1. The van der Waals surface area contributed by atoms with Crippen LogP contribution in [0.3, 0.4) is 0 Å². The van der Waals surface area contributed by atoms with Gasteiger partial charge in [-0.1, -0.05) is 0 Å². The predicted octanol–water partition coefficient (Wildman–Crippen LogP) is 0.336. The molecule has 0 aromatic rings. The Balaban J connectivity index is 3.15. The maximum atomic E-state index is 11.6. The van der Waals surface area contributed by atoms with Crippen LogP contribution in [0.15, 0.2) is 0 Å². The van der Waals surface area contributed by atoms with Crippen LogP contribution in [0.4, 0.5) is 8.78 Å². The lowest BCUT2D eigenvalue weighted by Gasteiger charge is -2.10. The van der Waals surface area contributed by atoms with Crippen molar-refractivity contribution in [2.45, 2.75) is 12.8 Å². The van der Waals surface area contributed by atoms with Crippen molar-refractivity contribution < 1.29 is 18.3 Å². The first kappa shape index (κ1) is 14.2. The molecule has 0 aliphatic heterocycles. The van der Waals surface area contributed by atoms with Gasteiger partial charge in [0.1, 0.15) is 6.61 Å². The summed E-state index contributed by atoms with van der Waals surface area (Å²) in [5.74, 6) is 0.0380. The molecule has 0 heterocycles. The number of hydrogen-bond donors (Lipinski definition) is 1. The molecule has 0 aromatic carbocycles. The molecule has 0 saturated carbocycles. The third-order valence-corrected chi connectivity index (χ3v) is 1.68. The minimum Gasteiger partial charge on any atom is -0.374 e. The lowest BCUT2D eigenvalue weighted by Crippen LogP contribution is -2.28. The van der Waals surface area contributed by atoms with E-state index in [0.717, 1.165) is 0 Å². The summed E-state index contributed by atoms with van der Waals surface area (Å²) in [4.78, 5) is 12.6. The van der Waals surface area contributed by atoms with Gasteiger partial charge in [0.25, 0.3) is 6.43 Å². The maximum absolute atomic E-state index is 11.6. The summed E-state index contributed by atoms with van der Waals surface area (Å²) in [6.45, 7) is 0.723. The Hall–Kier alpha value is -0.750. The van der Waals surface area contributed by atoms with E-state index in [-0.39, 0.29) is 12.5 Å². The number of carbonyl (C=O) groups excluding carboxylic acids is 1. The number of nitrogens with zero attached hydrogens (tertiary/aromatic N) is 1. The lowest BCUT2D eigenvalue weighted by molar-refractivity contribution is -0.128. The number of amides is 1. The molecule has 4 nitrogen and oxygen atoms in total. The van der Waals surface area contributed by atoms with Crippen molar-refractivity contribution in [2.24, 2.45) is 0 Å². The van der Waals surface area contributed by atoms with Crippen molar-refractivity contribution in [2.75, 3.05) is 40.4 Å². The average Bonchev–Trinajstić information content (AvgIpc) is 2.15. The summed E-state index contributed by atoms with van der Waals surface area (Å²) in [6.07, 6.45) is -2.01. The van der Waals surface area contributed by atoms with Gasteiger partial charge in [-0.25, -0.2) is 8.78 Å². The molecule has 0 unspecified atom stereocenters. The predicted molar refractivity (Wildman–Crippen MR) is 53.0 cm³/mol. The number of halogens is 2. The highest BCUT2D eigenvalue weighted by Crippen LogP contribution is 1.91. The standard InChI is InChI=1S/C9H18F2N2O2/c1-13(2)9(14)3-4-12-5-6-15-7-8(10)11/h8,12H,3-7H2,1-2H3. The van der Waals surface area contributed by atoms with Gasteiger partial charge < -0.3 is 15.0 Å². The zero-order valence-corrected chi connectivity index (χ0v) is 9.13. The fourth-order valence-corrected chi connectivity index (χ4v) is 0.861. The first-order valence-electron chi connectivity index (χ1n) is 4.80. The van der Waals surface area contributed by atoms with E-state index < -0.39 is 13.0 Å². The molecule has 0 fully saturated rings. The number of alkyl halides is 2. The molecule has 0 atom stereocenters. The van der Waals surface area contributed by atoms with Gasteiger partial charge in [0.15, 0.2) is 0 Å². The zero-order chi connectivity index (χ0) is 11.7. The summed E-state index contributed by atoms with van der Waals surface area (Å²) < 4.78 is 27.9. The molecule has 90 valence electrons. The SMILES string of the molecule is CN(C)C(=O)CCNCCOCC(F)F. The van der Waals surface area contributed by atoms with Gasteiger partial charge in [-0.05, 0) is 0 Å². The second kappa shape index (κ2) is 8.55. The third kappa shape index (κ3) is 9.55. The van der Waals surface area contributed by atoms with Gasteiger partial charge in [-0.3, -0.25) is 4.79 Å². The molecule has 0 rings (SSSR count). The van der Waals surface area contributed by atoms with Crippen molar-refractivity contribution in [1.82, 2.24) is 10.2 Å². The fraction of sp³-hybridized carbons (Fsp3) is 0.889. The van der Waals surface area contributed by atoms with Crippen molar-refractivity contribution in [3.63, 3.8) is 0 Å². The van der Waals surface area contributed by atoms with Gasteiger partial charge in [0, 0.05) is 33.6 Å². The van der Waals surface area contributed by atoms with Crippen molar-refractivity contribution in [3.8, 4) is 0 Å².